The van der Waals surface area contributed by atoms with E-state index in [1.54, 1.807) is 0 Å². The maximum atomic E-state index is 12.9. The summed E-state index contributed by atoms with van der Waals surface area (Å²) in [7, 11) is 0. The van der Waals surface area contributed by atoms with Crippen molar-refractivity contribution < 1.29 is 9.90 Å². The zero-order valence-corrected chi connectivity index (χ0v) is 17.5. The number of aromatic nitrogens is 1. The number of hydrogen-bond donors (Lipinski definition) is 1. The van der Waals surface area contributed by atoms with Crippen LogP contribution in [0, 0.1) is 6.92 Å². The van der Waals surface area contributed by atoms with Crippen LogP contribution in [0.3, 0.4) is 0 Å². The topological polar surface area (TPSA) is 54.6 Å². The predicted octanol–water partition coefficient (Wildman–Crippen LogP) is 5.72. The number of nitrogens with zero attached hydrogens (tertiary/aromatic N) is 2. The second-order valence-electron chi connectivity index (χ2n) is 7.04. The van der Waals surface area contributed by atoms with E-state index in [-0.39, 0.29) is 11.8 Å². The molecule has 0 aliphatic carbocycles. The van der Waals surface area contributed by atoms with E-state index in [0.29, 0.717) is 23.4 Å². The van der Waals surface area contributed by atoms with Crippen molar-refractivity contribution in [1.29, 1.82) is 0 Å². The summed E-state index contributed by atoms with van der Waals surface area (Å²) in [5.74, 6) is -0.193. The number of rotatable bonds is 5. The van der Waals surface area contributed by atoms with Gasteiger partial charge in [-0.15, -0.1) is 0 Å². The fourth-order valence-electron chi connectivity index (χ4n) is 3.65. The molecule has 1 amide bonds. The molecule has 0 fully saturated rings. The molecule has 4 rings (SSSR count). The number of fused-ring (bicyclic) bond motifs is 1. The van der Waals surface area contributed by atoms with Gasteiger partial charge in [-0.2, -0.15) is 0 Å². The van der Waals surface area contributed by atoms with Gasteiger partial charge < -0.3 is 9.67 Å². The van der Waals surface area contributed by atoms with Crippen LogP contribution in [0.2, 0.25) is 0 Å². The lowest BCUT2D eigenvalue weighted by atomic mass is 10.00. The van der Waals surface area contributed by atoms with Crippen LogP contribution in [0.4, 0.5) is 0 Å². The Morgan fingerprint density at radius 1 is 1.07 bits per heavy atom. The molecule has 0 bridgehead atoms. The minimum Gasteiger partial charge on any atom is -0.494 e. The van der Waals surface area contributed by atoms with Gasteiger partial charge in [0.1, 0.15) is 0 Å². The molecule has 1 aliphatic heterocycles. The largest absolute Gasteiger partial charge is 0.494 e. The first-order valence-electron chi connectivity index (χ1n) is 9.43. The predicted molar refractivity (Wildman–Crippen MR) is 115 cm³/mol. The fraction of sp³-hybridized carbons (Fsp3) is 0.217. The van der Waals surface area contributed by atoms with Gasteiger partial charge in [-0.25, -0.2) is 4.99 Å². The molecule has 1 aliphatic rings. The number of carbonyl (C=O) groups excluding carboxylic acids is 1. The Morgan fingerprint density at radius 3 is 2.46 bits per heavy atom. The first-order chi connectivity index (χ1) is 13.5. The molecule has 0 saturated heterocycles. The normalized spacial score (nSPS) is 13.0. The Labute approximate surface area is 172 Å². The van der Waals surface area contributed by atoms with Crippen LogP contribution in [-0.2, 0) is 6.54 Å². The van der Waals surface area contributed by atoms with Crippen molar-refractivity contribution in [2.75, 3.05) is 0 Å². The molecule has 0 spiro atoms. The van der Waals surface area contributed by atoms with Gasteiger partial charge in [0, 0.05) is 16.6 Å². The highest BCUT2D eigenvalue weighted by Crippen LogP contribution is 2.42. The molecule has 0 radical (unpaired) electrons. The van der Waals surface area contributed by atoms with Crippen LogP contribution >= 0.6 is 15.9 Å². The van der Waals surface area contributed by atoms with Crippen LogP contribution in [0.1, 0.15) is 46.8 Å². The Balaban J connectivity index is 1.96. The number of aryl methyl sites for hydroxylation is 1. The smallest absolute Gasteiger partial charge is 0.280 e. The summed E-state index contributed by atoms with van der Waals surface area (Å²) in [6.07, 6.45) is 1.91. The minimum atomic E-state index is -0.304. The van der Waals surface area contributed by atoms with Gasteiger partial charge in [0.05, 0.1) is 22.5 Å². The van der Waals surface area contributed by atoms with E-state index in [9.17, 15) is 9.90 Å². The zero-order chi connectivity index (χ0) is 19.8. The molecular weight excluding hydrogens is 416 g/mol. The molecule has 0 saturated carbocycles. The first-order valence-corrected chi connectivity index (χ1v) is 10.2. The summed E-state index contributed by atoms with van der Waals surface area (Å²) in [4.78, 5) is 17.2. The molecule has 2 heterocycles. The second kappa shape index (κ2) is 7.40. The number of hydrogen-bond acceptors (Lipinski definition) is 2. The molecule has 4 nitrogen and oxygen atoms in total. The van der Waals surface area contributed by atoms with E-state index in [0.717, 1.165) is 39.7 Å². The molecule has 0 unspecified atom stereocenters. The highest BCUT2D eigenvalue weighted by atomic mass is 79.9. The quantitative estimate of drug-likeness (QED) is 0.555. The first kappa shape index (κ1) is 18.7. The summed E-state index contributed by atoms with van der Waals surface area (Å²) in [5.41, 5.74) is 5.15. The number of aliphatic imine (C=N–C) groups is 1. The number of aromatic hydroxyl groups is 1. The van der Waals surface area contributed by atoms with Gasteiger partial charge >= 0.3 is 0 Å². The Morgan fingerprint density at radius 2 is 1.79 bits per heavy atom. The van der Waals surface area contributed by atoms with E-state index in [1.165, 1.54) is 0 Å². The third kappa shape index (κ3) is 3.00. The number of unbranched alkanes of at least 4 members (excludes halogenated alkanes) is 1. The molecule has 1 aromatic heterocycles. The van der Waals surface area contributed by atoms with Gasteiger partial charge in [0.15, 0.2) is 0 Å². The Kier molecular flexibility index (Phi) is 4.94. The Bertz CT molecular complexity index is 1090. The monoisotopic (exact) mass is 436 g/mol. The van der Waals surface area contributed by atoms with Crippen molar-refractivity contribution in [3.05, 3.63) is 75.3 Å². The summed E-state index contributed by atoms with van der Waals surface area (Å²) >= 11 is 3.54. The van der Waals surface area contributed by atoms with Crippen molar-refractivity contribution in [3.63, 3.8) is 0 Å². The van der Waals surface area contributed by atoms with Crippen molar-refractivity contribution in [2.24, 2.45) is 4.99 Å². The average molecular weight is 437 g/mol. The van der Waals surface area contributed by atoms with Gasteiger partial charge in [-0.1, -0.05) is 77.3 Å². The number of amides is 1. The van der Waals surface area contributed by atoms with Crippen molar-refractivity contribution in [1.82, 2.24) is 4.57 Å². The summed E-state index contributed by atoms with van der Waals surface area (Å²) in [5, 5.41) is 11.1. The van der Waals surface area contributed by atoms with E-state index in [2.05, 4.69) is 27.8 Å². The minimum absolute atomic E-state index is 0.111. The van der Waals surface area contributed by atoms with E-state index in [1.807, 2.05) is 60.0 Å². The third-order valence-electron chi connectivity index (χ3n) is 5.09. The second-order valence-corrected chi connectivity index (χ2v) is 7.89. The number of halogens is 1. The van der Waals surface area contributed by atoms with Crippen molar-refractivity contribution in [3.8, 4) is 17.1 Å². The molecule has 2 aromatic carbocycles. The van der Waals surface area contributed by atoms with Gasteiger partial charge in [-0.3, -0.25) is 4.79 Å². The fourth-order valence-corrected chi connectivity index (χ4v) is 4.12. The van der Waals surface area contributed by atoms with Crippen LogP contribution in [-0.4, -0.2) is 21.3 Å². The van der Waals surface area contributed by atoms with E-state index >= 15 is 0 Å². The number of benzene rings is 2. The molecule has 3 aromatic rings. The summed E-state index contributed by atoms with van der Waals surface area (Å²) in [6, 6.07) is 15.7. The molecule has 28 heavy (non-hydrogen) atoms. The van der Waals surface area contributed by atoms with Crippen LogP contribution in [0.25, 0.3) is 11.3 Å². The highest BCUT2D eigenvalue weighted by molar-refractivity contribution is 9.10. The van der Waals surface area contributed by atoms with Crippen LogP contribution in [0.5, 0.6) is 5.88 Å². The zero-order valence-electron chi connectivity index (χ0n) is 15.9. The molecular formula is C23H21BrN2O2. The van der Waals surface area contributed by atoms with Crippen molar-refractivity contribution >= 4 is 27.5 Å². The van der Waals surface area contributed by atoms with Crippen LogP contribution in [0.15, 0.2) is 58.0 Å². The van der Waals surface area contributed by atoms with Crippen LogP contribution < -0.4 is 0 Å². The molecule has 0 atom stereocenters. The Hall–Kier alpha value is -2.66. The lowest BCUT2D eigenvalue weighted by molar-refractivity contribution is 0.101. The van der Waals surface area contributed by atoms with E-state index in [4.69, 9.17) is 0 Å². The van der Waals surface area contributed by atoms with Gasteiger partial charge in [0.25, 0.3) is 5.91 Å². The molecule has 5 heteroatoms. The maximum Gasteiger partial charge on any atom is 0.280 e. The highest BCUT2D eigenvalue weighted by Gasteiger charge is 2.36. The SMILES string of the molecule is CCCCn1c(O)c2c(c1-c1ccc(C)cc1)C(=O)N=C2c1ccccc1Br. The maximum absolute atomic E-state index is 12.9. The lowest BCUT2D eigenvalue weighted by Gasteiger charge is -2.12. The summed E-state index contributed by atoms with van der Waals surface area (Å²) in [6.45, 7) is 4.79. The molecule has 142 valence electrons. The van der Waals surface area contributed by atoms with Crippen molar-refractivity contribution in [2.45, 2.75) is 33.2 Å². The van der Waals surface area contributed by atoms with E-state index < -0.39 is 0 Å². The van der Waals surface area contributed by atoms with Gasteiger partial charge in [-0.05, 0) is 25.0 Å². The average Bonchev–Trinajstić information content (AvgIpc) is 3.17. The molecule has 1 N–H and O–H groups in total. The third-order valence-corrected chi connectivity index (χ3v) is 5.78. The van der Waals surface area contributed by atoms with Gasteiger partial charge in [0.2, 0.25) is 5.88 Å². The standard InChI is InChI=1S/C23H21BrN2O2/c1-3-4-13-26-21(15-11-9-14(2)10-12-15)19-18(23(26)28)20(25-22(19)27)16-7-5-6-8-17(16)24/h5-12,28H,3-4,13H2,1-2H3. The lowest BCUT2D eigenvalue weighted by Crippen LogP contribution is -2.04. The number of carbonyl (C=O) groups is 1. The summed E-state index contributed by atoms with van der Waals surface area (Å²) < 4.78 is 2.70.